The van der Waals surface area contributed by atoms with Gasteiger partial charge in [0.1, 0.15) is 0 Å². The van der Waals surface area contributed by atoms with Crippen molar-refractivity contribution >= 4 is 8.32 Å². The van der Waals surface area contributed by atoms with Gasteiger partial charge in [-0.15, -0.1) is 0 Å². The number of nitrogens with two attached hydrogens (primary N) is 2. The Bertz CT molecular complexity index is 238. The standard InChI is InChI=1S/C12H28N2OSi/c1-12(2,3)16(4,5)15-10-8-6-7-9(13)11(10)14/h9-11H,6-8,13-14H2,1-5H3/t9-,10+,11-/m1/s1. The molecule has 0 spiro atoms. The largest absolute Gasteiger partial charge is 0.412 e. The molecule has 0 bridgehead atoms. The Morgan fingerprint density at radius 3 is 2.19 bits per heavy atom. The van der Waals surface area contributed by atoms with Crippen LogP contribution in [0.25, 0.3) is 0 Å². The molecule has 1 fully saturated rings. The molecular weight excluding hydrogens is 216 g/mol. The molecule has 0 unspecified atom stereocenters. The monoisotopic (exact) mass is 244 g/mol. The summed E-state index contributed by atoms with van der Waals surface area (Å²) in [4.78, 5) is 0. The molecule has 1 saturated carbocycles. The average Bonchev–Trinajstić information content (AvgIpc) is 2.11. The van der Waals surface area contributed by atoms with Crippen LogP contribution in [0.2, 0.25) is 18.1 Å². The van der Waals surface area contributed by atoms with Crippen molar-refractivity contribution < 1.29 is 4.43 Å². The van der Waals surface area contributed by atoms with Crippen LogP contribution in [0, 0.1) is 0 Å². The van der Waals surface area contributed by atoms with Gasteiger partial charge >= 0.3 is 0 Å². The van der Waals surface area contributed by atoms with Crippen molar-refractivity contribution in [2.45, 2.75) is 76.4 Å². The minimum atomic E-state index is -1.70. The minimum absolute atomic E-state index is 0.0166. The van der Waals surface area contributed by atoms with Gasteiger partial charge in [0.05, 0.1) is 6.10 Å². The predicted molar refractivity (Wildman–Crippen MR) is 71.9 cm³/mol. The summed E-state index contributed by atoms with van der Waals surface area (Å²) in [6.07, 6.45) is 3.43. The average molecular weight is 244 g/mol. The minimum Gasteiger partial charge on any atom is -0.412 e. The highest BCUT2D eigenvalue weighted by Crippen LogP contribution is 2.38. The van der Waals surface area contributed by atoms with Gasteiger partial charge < -0.3 is 15.9 Å². The Kier molecular flexibility index (Phi) is 4.22. The molecule has 0 amide bonds. The summed E-state index contributed by atoms with van der Waals surface area (Å²) in [6, 6.07) is 0.131. The molecule has 16 heavy (non-hydrogen) atoms. The summed E-state index contributed by atoms with van der Waals surface area (Å²) >= 11 is 0. The molecular formula is C12H28N2OSi. The molecule has 1 aliphatic rings. The second-order valence-electron chi connectivity index (χ2n) is 6.59. The van der Waals surface area contributed by atoms with E-state index in [9.17, 15) is 0 Å². The van der Waals surface area contributed by atoms with E-state index in [0.717, 1.165) is 19.3 Å². The van der Waals surface area contributed by atoms with Crippen LogP contribution in [0.15, 0.2) is 0 Å². The Morgan fingerprint density at radius 2 is 1.69 bits per heavy atom. The lowest BCUT2D eigenvalue weighted by Gasteiger charge is -2.43. The molecule has 0 aromatic heterocycles. The topological polar surface area (TPSA) is 61.3 Å². The number of hydrogen-bond acceptors (Lipinski definition) is 3. The van der Waals surface area contributed by atoms with E-state index in [1.165, 1.54) is 0 Å². The van der Waals surface area contributed by atoms with Crippen molar-refractivity contribution in [2.24, 2.45) is 11.5 Å². The number of rotatable bonds is 2. The molecule has 0 aliphatic heterocycles. The third-order valence-corrected chi connectivity index (χ3v) is 8.71. The van der Waals surface area contributed by atoms with Crippen molar-refractivity contribution in [1.82, 2.24) is 0 Å². The molecule has 3 atom stereocenters. The zero-order valence-corrected chi connectivity index (χ0v) is 12.4. The van der Waals surface area contributed by atoms with Gasteiger partial charge in [0.25, 0.3) is 0 Å². The molecule has 0 heterocycles. The van der Waals surface area contributed by atoms with Gasteiger partial charge in [-0.1, -0.05) is 20.8 Å². The molecule has 0 aromatic carbocycles. The van der Waals surface area contributed by atoms with E-state index in [-0.39, 0.29) is 23.2 Å². The van der Waals surface area contributed by atoms with Crippen LogP contribution in [-0.4, -0.2) is 26.5 Å². The van der Waals surface area contributed by atoms with E-state index in [1.54, 1.807) is 0 Å². The van der Waals surface area contributed by atoms with Gasteiger partial charge in [-0.05, 0) is 37.4 Å². The third-order valence-electron chi connectivity index (χ3n) is 4.20. The van der Waals surface area contributed by atoms with Gasteiger partial charge in [-0.2, -0.15) is 0 Å². The quantitative estimate of drug-likeness (QED) is 0.732. The summed E-state index contributed by atoms with van der Waals surface area (Å²) < 4.78 is 6.36. The van der Waals surface area contributed by atoms with Crippen LogP contribution < -0.4 is 11.5 Å². The van der Waals surface area contributed by atoms with Crippen molar-refractivity contribution in [3.8, 4) is 0 Å². The van der Waals surface area contributed by atoms with Gasteiger partial charge in [-0.3, -0.25) is 0 Å². The lowest BCUT2D eigenvalue weighted by atomic mass is 9.89. The molecule has 3 nitrogen and oxygen atoms in total. The van der Waals surface area contributed by atoms with E-state index in [4.69, 9.17) is 15.9 Å². The van der Waals surface area contributed by atoms with Crippen molar-refractivity contribution in [3.63, 3.8) is 0 Å². The Balaban J connectivity index is 2.66. The number of hydrogen-bond donors (Lipinski definition) is 2. The maximum Gasteiger partial charge on any atom is 0.192 e. The fourth-order valence-corrected chi connectivity index (χ4v) is 3.29. The van der Waals surface area contributed by atoms with Gasteiger partial charge in [-0.25, -0.2) is 0 Å². The Hall–Kier alpha value is 0.0969. The van der Waals surface area contributed by atoms with Crippen LogP contribution >= 0.6 is 0 Å². The van der Waals surface area contributed by atoms with E-state index >= 15 is 0 Å². The van der Waals surface area contributed by atoms with Crippen molar-refractivity contribution in [1.29, 1.82) is 0 Å². The Labute approximate surface area is 101 Å². The molecule has 1 rings (SSSR count). The third kappa shape index (κ3) is 3.06. The van der Waals surface area contributed by atoms with Gasteiger partial charge in [0, 0.05) is 12.1 Å². The SMILES string of the molecule is CC(C)(C)[Si](C)(C)O[C@H]1CCC[C@@H](N)[C@H]1N. The highest BCUT2D eigenvalue weighted by molar-refractivity contribution is 6.74. The second-order valence-corrected chi connectivity index (χ2v) is 11.3. The van der Waals surface area contributed by atoms with Crippen molar-refractivity contribution in [2.75, 3.05) is 0 Å². The summed E-state index contributed by atoms with van der Waals surface area (Å²) in [7, 11) is -1.70. The fourth-order valence-electron chi connectivity index (χ4n) is 1.91. The van der Waals surface area contributed by atoms with Crippen LogP contribution in [0.3, 0.4) is 0 Å². The zero-order chi connectivity index (χ0) is 12.6. The normalized spacial score (nSPS) is 32.8. The van der Waals surface area contributed by atoms with E-state index in [1.807, 2.05) is 0 Å². The summed E-state index contributed by atoms with van der Waals surface area (Å²) in [6.45, 7) is 11.3. The summed E-state index contributed by atoms with van der Waals surface area (Å²) in [5.74, 6) is 0. The Morgan fingerprint density at radius 1 is 1.12 bits per heavy atom. The smallest absolute Gasteiger partial charge is 0.192 e. The molecule has 0 radical (unpaired) electrons. The molecule has 96 valence electrons. The lowest BCUT2D eigenvalue weighted by Crippen LogP contribution is -2.57. The predicted octanol–water partition coefficient (Wildman–Crippen LogP) is 2.22. The highest BCUT2D eigenvalue weighted by atomic mass is 28.4. The van der Waals surface area contributed by atoms with Crippen LogP contribution in [0.1, 0.15) is 40.0 Å². The first-order chi connectivity index (χ1) is 7.15. The van der Waals surface area contributed by atoms with Crippen LogP contribution in [0.4, 0.5) is 0 Å². The molecule has 0 saturated heterocycles. The fraction of sp³-hybridized carbons (Fsp3) is 1.00. The van der Waals surface area contributed by atoms with Gasteiger partial charge in [0.2, 0.25) is 0 Å². The lowest BCUT2D eigenvalue weighted by molar-refractivity contribution is 0.106. The van der Waals surface area contributed by atoms with Gasteiger partial charge in [0.15, 0.2) is 8.32 Å². The zero-order valence-electron chi connectivity index (χ0n) is 11.4. The molecule has 4 heteroatoms. The highest BCUT2D eigenvalue weighted by Gasteiger charge is 2.41. The van der Waals surface area contributed by atoms with E-state index in [0.29, 0.717) is 0 Å². The molecule has 4 N–H and O–H groups in total. The van der Waals surface area contributed by atoms with E-state index in [2.05, 4.69) is 33.9 Å². The second kappa shape index (κ2) is 4.76. The first kappa shape index (κ1) is 14.2. The first-order valence-corrected chi connectivity index (χ1v) is 9.25. The summed E-state index contributed by atoms with van der Waals surface area (Å²) in [5.41, 5.74) is 12.2. The first-order valence-electron chi connectivity index (χ1n) is 6.34. The summed E-state index contributed by atoms with van der Waals surface area (Å²) in [5, 5.41) is 0.244. The maximum absolute atomic E-state index is 6.36. The maximum atomic E-state index is 6.36. The molecule has 1 aliphatic carbocycles. The van der Waals surface area contributed by atoms with E-state index < -0.39 is 8.32 Å². The van der Waals surface area contributed by atoms with Crippen LogP contribution in [0.5, 0.6) is 0 Å². The van der Waals surface area contributed by atoms with Crippen molar-refractivity contribution in [3.05, 3.63) is 0 Å². The van der Waals surface area contributed by atoms with Crippen LogP contribution in [-0.2, 0) is 4.43 Å². The molecule has 0 aromatic rings.